The number of anilines is 1. The van der Waals surface area contributed by atoms with Crippen molar-refractivity contribution in [3.63, 3.8) is 0 Å². The number of ether oxygens (including phenoxy) is 2. The molecule has 9 heteroatoms. The summed E-state index contributed by atoms with van der Waals surface area (Å²) in [5, 5.41) is 2.84. The van der Waals surface area contributed by atoms with E-state index in [0.717, 1.165) is 22.7 Å². The lowest BCUT2D eigenvalue weighted by molar-refractivity contribution is -0.116. The highest BCUT2D eigenvalue weighted by Crippen LogP contribution is 2.63. The molecule has 0 radical (unpaired) electrons. The summed E-state index contributed by atoms with van der Waals surface area (Å²) in [7, 11) is 0. The Morgan fingerprint density at radius 2 is 2.00 bits per heavy atom. The summed E-state index contributed by atoms with van der Waals surface area (Å²) in [5.74, 6) is 3.21. The number of nitrogens with zero attached hydrogens (tertiary/aromatic N) is 2. The van der Waals surface area contributed by atoms with Crippen LogP contribution in [-0.2, 0) is 11.2 Å². The quantitative estimate of drug-likeness (QED) is 0.361. The first-order chi connectivity index (χ1) is 17.0. The summed E-state index contributed by atoms with van der Waals surface area (Å²) in [6.45, 7) is 4.00. The molecule has 2 aromatic heterocycles. The van der Waals surface area contributed by atoms with Crippen molar-refractivity contribution in [2.24, 2.45) is 0 Å². The maximum Gasteiger partial charge on any atom is 0.225 e. The third-order valence-electron chi connectivity index (χ3n) is 6.52. The second kappa shape index (κ2) is 8.23. The molecular weight excluding hydrogens is 471 g/mol. The fraction of sp³-hybridized carbons (Fsp3) is 0.269. The Labute approximate surface area is 205 Å². The van der Waals surface area contributed by atoms with Crippen molar-refractivity contribution in [1.82, 2.24) is 15.0 Å². The smallest absolute Gasteiger partial charge is 0.225 e. The standard InChI is InChI=1S/C24H16ClFN4O3.C2H6/c25-13-8-15-16(9-14(13)26)29-24(28-15)21-20-12-7-10(1-3-17(12)33-22(20)21)32-18-5-6-27-23-11(18)2-4-19(31)30-23;1-2/h1,3,5-9,20-22H,2,4H2,(H,28,29)(H,27,30,31);1-2H3. The molecule has 7 nitrogen and oxygen atoms in total. The van der Waals surface area contributed by atoms with Crippen LogP contribution in [-0.4, -0.2) is 27.0 Å². The summed E-state index contributed by atoms with van der Waals surface area (Å²) in [5.41, 5.74) is 3.20. The van der Waals surface area contributed by atoms with Gasteiger partial charge in [-0.1, -0.05) is 25.4 Å². The normalized spacial score (nSPS) is 21.1. The minimum absolute atomic E-state index is 0.0139. The Morgan fingerprint density at radius 3 is 2.86 bits per heavy atom. The number of carbonyl (C=O) groups excluding carboxylic acids is 1. The van der Waals surface area contributed by atoms with E-state index in [-0.39, 0.29) is 28.9 Å². The number of rotatable bonds is 3. The van der Waals surface area contributed by atoms with Crippen LogP contribution in [0.1, 0.15) is 49.1 Å². The lowest BCUT2D eigenvalue weighted by Crippen LogP contribution is -2.20. The third kappa shape index (κ3) is 3.60. The zero-order chi connectivity index (χ0) is 24.3. The lowest BCUT2D eigenvalue weighted by atomic mass is 10.1. The molecule has 178 valence electrons. The summed E-state index contributed by atoms with van der Waals surface area (Å²) in [4.78, 5) is 23.7. The molecule has 7 rings (SSSR count). The Hall–Kier alpha value is -3.65. The van der Waals surface area contributed by atoms with Crippen LogP contribution in [0.25, 0.3) is 11.0 Å². The number of hydrogen-bond acceptors (Lipinski definition) is 5. The molecule has 2 N–H and O–H groups in total. The first-order valence-electron chi connectivity index (χ1n) is 11.7. The van der Waals surface area contributed by atoms with Crippen LogP contribution in [0.15, 0.2) is 42.6 Å². The SMILES string of the molecule is CC.O=C1CCc2c(Oc3ccc4c(c3)C3C(O4)C3c3nc4cc(Cl)c(F)cc4[nH]3)ccnc2N1. The van der Waals surface area contributed by atoms with Gasteiger partial charge in [0.15, 0.2) is 0 Å². The van der Waals surface area contributed by atoms with Gasteiger partial charge in [0.25, 0.3) is 0 Å². The van der Waals surface area contributed by atoms with E-state index >= 15 is 0 Å². The van der Waals surface area contributed by atoms with Crippen molar-refractivity contribution in [1.29, 1.82) is 0 Å². The molecule has 3 atom stereocenters. The van der Waals surface area contributed by atoms with E-state index in [2.05, 4.69) is 20.3 Å². The molecule has 3 aliphatic rings. The molecule has 1 saturated carbocycles. The minimum Gasteiger partial charge on any atom is -0.489 e. The van der Waals surface area contributed by atoms with E-state index in [9.17, 15) is 9.18 Å². The maximum absolute atomic E-state index is 13.8. The molecule has 4 aromatic rings. The van der Waals surface area contributed by atoms with E-state index < -0.39 is 5.82 Å². The Morgan fingerprint density at radius 1 is 1.14 bits per heavy atom. The van der Waals surface area contributed by atoms with Crippen LogP contribution in [0.2, 0.25) is 5.02 Å². The number of hydrogen-bond donors (Lipinski definition) is 2. The molecule has 4 heterocycles. The number of imidazole rings is 1. The average molecular weight is 493 g/mol. The minimum atomic E-state index is -0.475. The number of halogens is 2. The molecule has 2 aliphatic heterocycles. The molecule has 35 heavy (non-hydrogen) atoms. The number of fused-ring (bicyclic) bond motifs is 5. The number of nitrogens with one attached hydrogen (secondary N) is 2. The lowest BCUT2D eigenvalue weighted by Gasteiger charge is -2.19. The summed E-state index contributed by atoms with van der Waals surface area (Å²) >= 11 is 5.90. The van der Waals surface area contributed by atoms with Gasteiger partial charge in [-0.2, -0.15) is 0 Å². The fourth-order valence-electron chi connectivity index (χ4n) is 4.89. The van der Waals surface area contributed by atoms with E-state index in [0.29, 0.717) is 41.2 Å². The van der Waals surface area contributed by atoms with Crippen LogP contribution in [0.3, 0.4) is 0 Å². The zero-order valence-corrected chi connectivity index (χ0v) is 19.8. The topological polar surface area (TPSA) is 89.1 Å². The van der Waals surface area contributed by atoms with Crippen LogP contribution >= 0.6 is 11.6 Å². The van der Waals surface area contributed by atoms with Crippen molar-refractivity contribution in [2.45, 2.75) is 44.6 Å². The van der Waals surface area contributed by atoms with Crippen LogP contribution < -0.4 is 14.8 Å². The number of aromatic amines is 1. The van der Waals surface area contributed by atoms with Gasteiger partial charge in [-0.3, -0.25) is 4.79 Å². The van der Waals surface area contributed by atoms with E-state index in [1.54, 1.807) is 12.3 Å². The van der Waals surface area contributed by atoms with Crippen molar-refractivity contribution >= 4 is 34.4 Å². The van der Waals surface area contributed by atoms with Gasteiger partial charge in [0.05, 0.1) is 22.0 Å². The van der Waals surface area contributed by atoms with Crippen LogP contribution in [0.4, 0.5) is 10.2 Å². The first-order valence-corrected chi connectivity index (χ1v) is 12.0. The Bertz CT molecular complexity index is 1450. The number of H-pyrrole nitrogens is 1. The molecule has 2 aromatic carbocycles. The van der Waals surface area contributed by atoms with Crippen molar-refractivity contribution < 1.29 is 18.7 Å². The summed E-state index contributed by atoms with van der Waals surface area (Å²) in [6.07, 6.45) is 2.60. The van der Waals surface area contributed by atoms with Crippen LogP contribution in [0, 0.1) is 5.82 Å². The molecule has 1 aliphatic carbocycles. The molecule has 0 saturated heterocycles. The Balaban J connectivity index is 0.00000112. The summed E-state index contributed by atoms with van der Waals surface area (Å²) < 4.78 is 26.1. The van der Waals surface area contributed by atoms with E-state index in [1.165, 1.54) is 12.1 Å². The van der Waals surface area contributed by atoms with Gasteiger partial charge in [-0.25, -0.2) is 14.4 Å². The summed E-state index contributed by atoms with van der Waals surface area (Å²) in [6, 6.07) is 10.5. The zero-order valence-electron chi connectivity index (χ0n) is 19.1. The molecule has 3 unspecified atom stereocenters. The van der Waals surface area contributed by atoms with Gasteiger partial charge in [-0.05, 0) is 36.8 Å². The number of benzene rings is 2. The van der Waals surface area contributed by atoms with E-state index in [4.69, 9.17) is 21.1 Å². The molecule has 0 bridgehead atoms. The van der Waals surface area contributed by atoms with Crippen LogP contribution in [0.5, 0.6) is 17.2 Å². The average Bonchev–Trinajstić information content (AvgIpc) is 3.21. The monoisotopic (exact) mass is 492 g/mol. The predicted octanol–water partition coefficient (Wildman–Crippen LogP) is 6.10. The number of aromatic nitrogens is 3. The van der Waals surface area contributed by atoms with Crippen molar-refractivity contribution in [3.8, 4) is 17.2 Å². The first kappa shape index (κ1) is 21.9. The fourth-order valence-corrected chi connectivity index (χ4v) is 5.05. The second-order valence-electron chi connectivity index (χ2n) is 8.53. The number of amides is 1. The molecule has 1 amide bonds. The highest BCUT2D eigenvalue weighted by Gasteiger charge is 2.61. The molecule has 1 fully saturated rings. The second-order valence-corrected chi connectivity index (χ2v) is 8.93. The van der Waals surface area contributed by atoms with Crippen molar-refractivity contribution in [3.05, 3.63) is 70.4 Å². The Kier molecular flexibility index (Phi) is 5.14. The van der Waals surface area contributed by atoms with Gasteiger partial charge in [0.1, 0.15) is 40.8 Å². The molecular formula is C26H22ClFN4O3. The van der Waals surface area contributed by atoms with Gasteiger partial charge < -0.3 is 19.8 Å². The van der Waals surface area contributed by atoms with Gasteiger partial charge in [0, 0.05) is 35.7 Å². The number of pyridine rings is 1. The van der Waals surface area contributed by atoms with Crippen molar-refractivity contribution in [2.75, 3.05) is 5.32 Å². The highest BCUT2D eigenvalue weighted by molar-refractivity contribution is 6.31. The number of carbonyl (C=O) groups is 1. The van der Waals surface area contributed by atoms with Gasteiger partial charge in [0.2, 0.25) is 5.91 Å². The molecule has 0 spiro atoms. The highest BCUT2D eigenvalue weighted by atomic mass is 35.5. The maximum atomic E-state index is 13.8. The predicted molar refractivity (Wildman–Crippen MR) is 130 cm³/mol. The van der Waals surface area contributed by atoms with Gasteiger partial charge >= 0.3 is 0 Å². The van der Waals surface area contributed by atoms with E-state index in [1.807, 2.05) is 32.0 Å². The largest absolute Gasteiger partial charge is 0.489 e. The third-order valence-corrected chi connectivity index (χ3v) is 6.81. The van der Waals surface area contributed by atoms with Gasteiger partial charge in [-0.15, -0.1) is 0 Å².